The van der Waals surface area contributed by atoms with Crippen LogP contribution in [0.25, 0.3) is 0 Å². The molecule has 20 heavy (non-hydrogen) atoms. The largest absolute Gasteiger partial charge is 0.482 e. The highest BCUT2D eigenvalue weighted by Gasteiger charge is 2.27. The van der Waals surface area contributed by atoms with Crippen molar-refractivity contribution in [1.29, 1.82) is 0 Å². The maximum Gasteiger partial charge on any atom is 0.343 e. The predicted molar refractivity (Wildman–Crippen MR) is 81.1 cm³/mol. The van der Waals surface area contributed by atoms with Crippen molar-refractivity contribution >= 4 is 5.97 Å². The Morgan fingerprint density at radius 2 is 1.60 bits per heavy atom. The van der Waals surface area contributed by atoms with Gasteiger partial charge in [0.25, 0.3) is 0 Å². The molecule has 0 bridgehead atoms. The van der Waals surface area contributed by atoms with E-state index in [1.807, 2.05) is 12.1 Å². The molecule has 0 atom stereocenters. The summed E-state index contributed by atoms with van der Waals surface area (Å²) in [6.45, 7) is 11.2. The third-order valence-corrected chi connectivity index (χ3v) is 3.19. The van der Waals surface area contributed by atoms with Gasteiger partial charge >= 0.3 is 5.97 Å². The molecule has 0 aromatic heterocycles. The molecule has 0 heterocycles. The van der Waals surface area contributed by atoms with Crippen molar-refractivity contribution in [3.05, 3.63) is 29.8 Å². The lowest BCUT2D eigenvalue weighted by Crippen LogP contribution is -2.24. The molecule has 3 nitrogen and oxygen atoms in total. The monoisotopic (exact) mass is 278 g/mol. The van der Waals surface area contributed by atoms with Crippen molar-refractivity contribution < 1.29 is 14.3 Å². The first-order valence-corrected chi connectivity index (χ1v) is 6.94. The maximum atomic E-state index is 11.0. The number of ether oxygens (including phenoxy) is 2. The molecule has 0 radical (unpaired) electrons. The predicted octanol–water partition coefficient (Wildman–Crippen LogP) is 3.95. The van der Waals surface area contributed by atoms with Crippen LogP contribution in [-0.2, 0) is 14.9 Å². The fraction of sp³-hybridized carbons (Fsp3) is 0.588. The number of benzene rings is 1. The Morgan fingerprint density at radius 3 is 2.05 bits per heavy atom. The smallest absolute Gasteiger partial charge is 0.343 e. The normalized spacial score (nSPS) is 12.1. The molecule has 0 fully saturated rings. The van der Waals surface area contributed by atoms with Gasteiger partial charge in [-0.05, 0) is 34.9 Å². The summed E-state index contributed by atoms with van der Waals surface area (Å²) in [6.07, 6.45) is 1.10. The van der Waals surface area contributed by atoms with Gasteiger partial charge in [-0.3, -0.25) is 0 Å². The van der Waals surface area contributed by atoms with Crippen LogP contribution in [0, 0.1) is 5.41 Å². The summed E-state index contributed by atoms with van der Waals surface area (Å²) < 4.78 is 9.89. The van der Waals surface area contributed by atoms with Gasteiger partial charge in [-0.15, -0.1) is 0 Å². The lowest BCUT2D eigenvalue weighted by Gasteiger charge is -2.33. The van der Waals surface area contributed by atoms with Crippen molar-refractivity contribution in [2.75, 3.05) is 13.7 Å². The second kappa shape index (κ2) is 6.29. The SMILES string of the molecule is COC(=O)COc1ccc(C(C)(C)CC(C)(C)C)cc1. The first-order valence-electron chi connectivity index (χ1n) is 6.94. The topological polar surface area (TPSA) is 35.5 Å². The Kier molecular flexibility index (Phi) is 5.21. The highest BCUT2D eigenvalue weighted by atomic mass is 16.6. The number of carbonyl (C=O) groups excluding carboxylic acids is 1. The standard InChI is InChI=1S/C17H26O3/c1-16(2,3)12-17(4,5)13-7-9-14(10-8-13)20-11-15(18)19-6/h7-10H,11-12H2,1-6H3. The quantitative estimate of drug-likeness (QED) is 0.765. The first kappa shape index (κ1) is 16.5. The van der Waals surface area contributed by atoms with E-state index in [1.165, 1.54) is 12.7 Å². The second-order valence-electron chi connectivity index (χ2n) is 7.01. The van der Waals surface area contributed by atoms with Crippen molar-refractivity contribution in [3.8, 4) is 5.75 Å². The summed E-state index contributed by atoms with van der Waals surface area (Å²) in [7, 11) is 1.35. The van der Waals surface area contributed by atoms with Crippen LogP contribution < -0.4 is 4.74 Å². The van der Waals surface area contributed by atoms with Crippen LogP contribution in [0.2, 0.25) is 0 Å². The molecular weight excluding hydrogens is 252 g/mol. The van der Waals surface area contributed by atoms with Crippen LogP contribution in [0.1, 0.15) is 46.6 Å². The van der Waals surface area contributed by atoms with Crippen LogP contribution in [0.3, 0.4) is 0 Å². The molecule has 0 N–H and O–H groups in total. The van der Waals surface area contributed by atoms with E-state index in [2.05, 4.69) is 51.5 Å². The molecule has 1 aromatic carbocycles. The summed E-state index contributed by atoms with van der Waals surface area (Å²) in [6, 6.07) is 7.95. The molecule has 1 aromatic rings. The minimum atomic E-state index is -0.373. The molecule has 0 aliphatic heterocycles. The van der Waals surface area contributed by atoms with E-state index >= 15 is 0 Å². The molecule has 0 aliphatic carbocycles. The zero-order valence-corrected chi connectivity index (χ0v) is 13.4. The maximum absolute atomic E-state index is 11.0. The van der Waals surface area contributed by atoms with Crippen molar-refractivity contribution in [2.24, 2.45) is 5.41 Å². The van der Waals surface area contributed by atoms with E-state index in [1.54, 1.807) is 0 Å². The third kappa shape index (κ3) is 5.24. The van der Waals surface area contributed by atoms with Crippen molar-refractivity contribution in [1.82, 2.24) is 0 Å². The number of rotatable bonds is 5. The molecule has 0 unspecified atom stereocenters. The van der Waals surface area contributed by atoms with Gasteiger partial charge in [0, 0.05) is 0 Å². The number of carbonyl (C=O) groups is 1. The fourth-order valence-electron chi connectivity index (χ4n) is 2.63. The van der Waals surface area contributed by atoms with Gasteiger partial charge in [-0.2, -0.15) is 0 Å². The fourth-order valence-corrected chi connectivity index (χ4v) is 2.63. The summed E-state index contributed by atoms with van der Waals surface area (Å²) in [5.41, 5.74) is 1.67. The molecule has 0 saturated carbocycles. The van der Waals surface area contributed by atoms with Gasteiger partial charge in [0.15, 0.2) is 6.61 Å². The van der Waals surface area contributed by atoms with Crippen molar-refractivity contribution in [3.63, 3.8) is 0 Å². The van der Waals surface area contributed by atoms with E-state index < -0.39 is 0 Å². The molecule has 0 amide bonds. The minimum absolute atomic E-state index is 0.0543. The van der Waals surface area contributed by atoms with Gasteiger partial charge in [0.1, 0.15) is 5.75 Å². The lowest BCUT2D eigenvalue weighted by molar-refractivity contribution is -0.142. The van der Waals surface area contributed by atoms with Crippen LogP contribution in [-0.4, -0.2) is 19.7 Å². The molecule has 3 heteroatoms. The molecule has 0 saturated heterocycles. The Bertz CT molecular complexity index is 438. The van der Waals surface area contributed by atoms with E-state index in [-0.39, 0.29) is 23.4 Å². The van der Waals surface area contributed by atoms with Crippen LogP contribution in [0.5, 0.6) is 5.75 Å². The Hall–Kier alpha value is -1.51. The van der Waals surface area contributed by atoms with E-state index in [4.69, 9.17) is 4.74 Å². The Morgan fingerprint density at radius 1 is 1.05 bits per heavy atom. The minimum Gasteiger partial charge on any atom is -0.482 e. The van der Waals surface area contributed by atoms with Gasteiger partial charge < -0.3 is 9.47 Å². The Balaban J connectivity index is 2.73. The highest BCUT2D eigenvalue weighted by Crippen LogP contribution is 2.36. The van der Waals surface area contributed by atoms with E-state index in [0.29, 0.717) is 5.75 Å². The molecule has 1 rings (SSSR count). The molecule has 0 spiro atoms. The van der Waals surface area contributed by atoms with Gasteiger partial charge in [-0.1, -0.05) is 46.8 Å². The number of hydrogen-bond donors (Lipinski definition) is 0. The summed E-state index contributed by atoms with van der Waals surface area (Å²) in [5.74, 6) is 0.313. The first-order chi connectivity index (χ1) is 9.14. The van der Waals surface area contributed by atoms with Crippen molar-refractivity contribution in [2.45, 2.75) is 46.5 Å². The van der Waals surface area contributed by atoms with Crippen LogP contribution in [0.4, 0.5) is 0 Å². The highest BCUT2D eigenvalue weighted by molar-refractivity contribution is 5.70. The molecule has 112 valence electrons. The average molecular weight is 278 g/mol. The summed E-state index contributed by atoms with van der Waals surface area (Å²) in [5, 5.41) is 0. The summed E-state index contributed by atoms with van der Waals surface area (Å²) in [4.78, 5) is 11.0. The zero-order chi connectivity index (χ0) is 15.4. The second-order valence-corrected chi connectivity index (χ2v) is 7.01. The lowest BCUT2D eigenvalue weighted by atomic mass is 9.72. The molecular formula is C17H26O3. The number of esters is 1. The molecule has 0 aliphatic rings. The Labute approximate surface area is 122 Å². The van der Waals surface area contributed by atoms with E-state index in [0.717, 1.165) is 6.42 Å². The van der Waals surface area contributed by atoms with Crippen LogP contribution in [0.15, 0.2) is 24.3 Å². The average Bonchev–Trinajstić information content (AvgIpc) is 2.33. The van der Waals surface area contributed by atoms with Gasteiger partial charge in [0.2, 0.25) is 0 Å². The van der Waals surface area contributed by atoms with Gasteiger partial charge in [-0.25, -0.2) is 4.79 Å². The number of hydrogen-bond acceptors (Lipinski definition) is 3. The number of methoxy groups -OCH3 is 1. The van der Waals surface area contributed by atoms with Gasteiger partial charge in [0.05, 0.1) is 7.11 Å². The van der Waals surface area contributed by atoms with Crippen LogP contribution >= 0.6 is 0 Å². The zero-order valence-electron chi connectivity index (χ0n) is 13.4. The third-order valence-electron chi connectivity index (χ3n) is 3.19. The van der Waals surface area contributed by atoms with E-state index in [9.17, 15) is 4.79 Å². The summed E-state index contributed by atoms with van der Waals surface area (Å²) >= 11 is 0.